The molecule has 0 spiro atoms. The van der Waals surface area contributed by atoms with Gasteiger partial charge in [-0.05, 0) is 37.1 Å². The zero-order chi connectivity index (χ0) is 18.8. The molecule has 0 unspecified atom stereocenters. The van der Waals surface area contributed by atoms with Crippen LogP contribution in [0.5, 0.6) is 0 Å². The molecule has 1 aromatic carbocycles. The van der Waals surface area contributed by atoms with E-state index in [2.05, 4.69) is 16.1 Å². The van der Waals surface area contributed by atoms with Crippen LogP contribution < -0.4 is 0 Å². The smallest absolute Gasteiger partial charge is 0.224 e. The molecule has 27 heavy (non-hydrogen) atoms. The maximum atomic E-state index is 12.6. The van der Waals surface area contributed by atoms with Gasteiger partial charge in [-0.25, -0.2) is 0 Å². The molecule has 1 saturated heterocycles. The fraction of sp³-hybridized carbons (Fsp3) is 0.381. The van der Waals surface area contributed by atoms with Crippen molar-refractivity contribution >= 4 is 16.8 Å². The second-order valence-electron chi connectivity index (χ2n) is 7.26. The third-order valence-corrected chi connectivity index (χ3v) is 5.45. The Kier molecular flexibility index (Phi) is 4.90. The van der Waals surface area contributed by atoms with Gasteiger partial charge in [0.05, 0.1) is 11.6 Å². The lowest BCUT2D eigenvalue weighted by Crippen LogP contribution is -2.30. The van der Waals surface area contributed by atoms with Crippen molar-refractivity contribution in [1.29, 1.82) is 0 Å². The number of hydrogen-bond donors (Lipinski definition) is 1. The summed E-state index contributed by atoms with van der Waals surface area (Å²) >= 11 is 0. The molecule has 0 radical (unpaired) electrons. The lowest BCUT2D eigenvalue weighted by atomic mass is 9.94. The summed E-state index contributed by atoms with van der Waals surface area (Å²) in [5.74, 6) is 0.122. The number of hydrogen-bond acceptors (Lipinski definition) is 4. The number of nitrogens with zero attached hydrogens (tertiary/aromatic N) is 4. The number of aliphatic hydroxyl groups is 1. The highest BCUT2D eigenvalue weighted by atomic mass is 16.3. The fourth-order valence-electron chi connectivity index (χ4n) is 3.87. The summed E-state index contributed by atoms with van der Waals surface area (Å²) in [5, 5.41) is 15.8. The summed E-state index contributed by atoms with van der Waals surface area (Å²) < 4.78 is 1.84. The third kappa shape index (κ3) is 3.71. The van der Waals surface area contributed by atoms with Gasteiger partial charge in [0.15, 0.2) is 0 Å². The molecule has 0 aliphatic carbocycles. The van der Waals surface area contributed by atoms with Gasteiger partial charge in [-0.2, -0.15) is 5.10 Å². The highest BCUT2D eigenvalue weighted by Gasteiger charge is 2.34. The molecule has 0 saturated carbocycles. The Morgan fingerprint density at radius 1 is 1.19 bits per heavy atom. The van der Waals surface area contributed by atoms with Gasteiger partial charge in [-0.3, -0.25) is 14.5 Å². The molecule has 2 aromatic heterocycles. The van der Waals surface area contributed by atoms with E-state index < -0.39 is 6.10 Å². The minimum absolute atomic E-state index is 0.0474. The van der Waals surface area contributed by atoms with Gasteiger partial charge < -0.3 is 10.0 Å². The molecule has 1 N–H and O–H groups in total. The molecule has 1 aliphatic rings. The van der Waals surface area contributed by atoms with Crippen molar-refractivity contribution in [3.8, 4) is 0 Å². The number of β-amino-alcohol motifs (C(OH)–C–C–N with tert-alkyl or cyclic N) is 1. The Balaban J connectivity index is 1.40. The van der Waals surface area contributed by atoms with Crippen molar-refractivity contribution in [2.45, 2.75) is 32.4 Å². The van der Waals surface area contributed by atoms with Crippen molar-refractivity contribution in [3.63, 3.8) is 0 Å². The van der Waals surface area contributed by atoms with Gasteiger partial charge in [0.1, 0.15) is 0 Å². The van der Waals surface area contributed by atoms with Gasteiger partial charge in [-0.15, -0.1) is 0 Å². The number of fused-ring (bicyclic) bond motifs is 1. The van der Waals surface area contributed by atoms with Crippen LogP contribution in [0.4, 0.5) is 0 Å². The van der Waals surface area contributed by atoms with Gasteiger partial charge in [0.2, 0.25) is 5.91 Å². The Hall–Kier alpha value is -2.73. The van der Waals surface area contributed by atoms with Gasteiger partial charge in [0, 0.05) is 55.4 Å². The summed E-state index contributed by atoms with van der Waals surface area (Å²) in [6.45, 7) is 3.55. The number of aryl methyl sites for hydroxylation is 2. The number of para-hydroxylation sites is 1. The largest absolute Gasteiger partial charge is 0.391 e. The molecule has 6 heteroatoms. The van der Waals surface area contributed by atoms with Crippen LogP contribution in [0.3, 0.4) is 0 Å². The second-order valence-corrected chi connectivity index (χ2v) is 7.26. The highest BCUT2D eigenvalue weighted by Crippen LogP contribution is 2.25. The lowest BCUT2D eigenvalue weighted by Gasteiger charge is -2.17. The van der Waals surface area contributed by atoms with Gasteiger partial charge in [-0.1, -0.05) is 18.2 Å². The number of aromatic nitrogens is 3. The molecule has 3 aromatic rings. The van der Waals surface area contributed by atoms with E-state index in [4.69, 9.17) is 0 Å². The zero-order valence-corrected chi connectivity index (χ0v) is 15.5. The third-order valence-electron chi connectivity index (χ3n) is 5.45. The first-order valence-corrected chi connectivity index (χ1v) is 9.38. The van der Waals surface area contributed by atoms with Crippen molar-refractivity contribution in [3.05, 3.63) is 60.0 Å². The van der Waals surface area contributed by atoms with Crippen LogP contribution in [0.2, 0.25) is 0 Å². The minimum atomic E-state index is -0.493. The van der Waals surface area contributed by atoms with E-state index in [0.29, 0.717) is 26.1 Å². The van der Waals surface area contributed by atoms with E-state index in [0.717, 1.165) is 23.0 Å². The Bertz CT molecular complexity index is 947. The summed E-state index contributed by atoms with van der Waals surface area (Å²) in [6.07, 6.45) is 4.21. The molecule has 6 nitrogen and oxygen atoms in total. The van der Waals surface area contributed by atoms with E-state index in [1.165, 1.54) is 5.56 Å². The monoisotopic (exact) mass is 364 g/mol. The van der Waals surface area contributed by atoms with E-state index in [1.807, 2.05) is 48.1 Å². The molecule has 1 aliphatic heterocycles. The number of carbonyl (C=O) groups excluding carboxylic acids is 1. The molecule has 1 amide bonds. The Morgan fingerprint density at radius 3 is 2.85 bits per heavy atom. The number of likely N-dealkylation sites (tertiary alicyclic amines) is 1. The second kappa shape index (κ2) is 7.48. The predicted octanol–water partition coefficient (Wildman–Crippen LogP) is 2.19. The molecule has 4 rings (SSSR count). The molecular weight excluding hydrogens is 340 g/mol. The zero-order valence-electron chi connectivity index (χ0n) is 15.5. The van der Waals surface area contributed by atoms with Gasteiger partial charge in [0.25, 0.3) is 0 Å². The van der Waals surface area contributed by atoms with E-state index in [1.54, 1.807) is 11.1 Å². The first kappa shape index (κ1) is 17.7. The van der Waals surface area contributed by atoms with Crippen LogP contribution in [-0.2, 0) is 17.8 Å². The Labute approximate surface area is 158 Å². The number of pyridine rings is 1. The number of carbonyl (C=O) groups is 1. The van der Waals surface area contributed by atoms with Crippen LogP contribution in [0, 0.1) is 12.8 Å². The van der Waals surface area contributed by atoms with Crippen molar-refractivity contribution < 1.29 is 9.90 Å². The fourth-order valence-corrected chi connectivity index (χ4v) is 3.87. The van der Waals surface area contributed by atoms with Crippen molar-refractivity contribution in [1.82, 2.24) is 19.7 Å². The number of benzene rings is 1. The quantitative estimate of drug-likeness (QED) is 0.753. The summed E-state index contributed by atoms with van der Waals surface area (Å²) in [4.78, 5) is 18.8. The van der Waals surface area contributed by atoms with E-state index in [-0.39, 0.29) is 11.8 Å². The molecular formula is C21H24N4O2. The first-order valence-electron chi connectivity index (χ1n) is 9.38. The molecule has 0 bridgehead atoms. The topological polar surface area (TPSA) is 71.2 Å². The predicted molar refractivity (Wildman–Crippen MR) is 103 cm³/mol. The molecule has 3 heterocycles. The van der Waals surface area contributed by atoms with Crippen LogP contribution in [-0.4, -0.2) is 49.9 Å². The van der Waals surface area contributed by atoms with E-state index in [9.17, 15) is 9.90 Å². The van der Waals surface area contributed by atoms with Crippen molar-refractivity contribution in [2.75, 3.05) is 13.1 Å². The van der Waals surface area contributed by atoms with E-state index >= 15 is 0 Å². The summed E-state index contributed by atoms with van der Waals surface area (Å²) in [7, 11) is 0. The van der Waals surface area contributed by atoms with Crippen LogP contribution in [0.15, 0.2) is 48.8 Å². The number of amides is 1. The number of rotatable bonds is 5. The van der Waals surface area contributed by atoms with Crippen LogP contribution in [0.25, 0.3) is 10.9 Å². The first-order chi connectivity index (χ1) is 13.1. The average Bonchev–Trinajstić information content (AvgIpc) is 3.26. The summed E-state index contributed by atoms with van der Waals surface area (Å²) in [5.41, 5.74) is 3.18. The minimum Gasteiger partial charge on any atom is -0.391 e. The Morgan fingerprint density at radius 2 is 2.04 bits per heavy atom. The van der Waals surface area contributed by atoms with Crippen LogP contribution >= 0.6 is 0 Å². The lowest BCUT2D eigenvalue weighted by molar-refractivity contribution is -0.130. The van der Waals surface area contributed by atoms with Crippen molar-refractivity contribution in [2.24, 2.45) is 5.92 Å². The summed E-state index contributed by atoms with van der Waals surface area (Å²) in [6, 6.07) is 12.0. The van der Waals surface area contributed by atoms with Crippen LogP contribution in [0.1, 0.15) is 17.7 Å². The molecule has 1 fully saturated rings. The standard InChI is InChI=1S/C21H24N4O2/c1-15-6-10-23-25(15)11-8-21(27)24-13-17(20(26)14-24)12-16-7-9-22-19-5-3-2-4-18(16)19/h2-7,9-10,17,20,26H,8,11-14H2,1H3/t17-,20-/m1/s1. The normalized spacial score (nSPS) is 19.7. The maximum Gasteiger partial charge on any atom is 0.224 e. The maximum absolute atomic E-state index is 12.6. The molecule has 2 atom stereocenters. The SMILES string of the molecule is Cc1ccnn1CCC(=O)N1C[C@@H](Cc2ccnc3ccccc23)[C@H](O)C1. The average molecular weight is 364 g/mol. The molecule has 140 valence electrons. The van der Waals surface area contributed by atoms with Gasteiger partial charge >= 0.3 is 0 Å². The highest BCUT2D eigenvalue weighted by molar-refractivity contribution is 5.82. The number of aliphatic hydroxyl groups excluding tert-OH is 1.